The van der Waals surface area contributed by atoms with Crippen LogP contribution in [-0.2, 0) is 4.79 Å². The third-order valence-electron chi connectivity index (χ3n) is 2.17. The van der Waals surface area contributed by atoms with E-state index in [1.165, 1.54) is 0 Å². The summed E-state index contributed by atoms with van der Waals surface area (Å²) in [4.78, 5) is 22.3. The number of primary amides is 1. The summed E-state index contributed by atoms with van der Waals surface area (Å²) in [6.07, 6.45) is 4.65. The molecule has 4 N–H and O–H groups in total. The molecule has 1 saturated carbocycles. The van der Waals surface area contributed by atoms with Crippen LogP contribution in [0.3, 0.4) is 0 Å². The van der Waals surface area contributed by atoms with Crippen LogP contribution >= 0.6 is 11.8 Å². The lowest BCUT2D eigenvalue weighted by Gasteiger charge is -2.16. The van der Waals surface area contributed by atoms with Gasteiger partial charge in [-0.2, -0.15) is 11.8 Å². The Hall–Kier alpha value is -0.910. The summed E-state index contributed by atoms with van der Waals surface area (Å²) < 4.78 is 0. The van der Waals surface area contributed by atoms with Gasteiger partial charge in [-0.3, -0.25) is 4.79 Å². The normalized spacial score (nSPS) is 16.9. The number of urea groups is 1. The molecule has 0 spiro atoms. The maximum absolute atomic E-state index is 11.6. The monoisotopic (exact) mass is 231 g/mol. The van der Waals surface area contributed by atoms with Crippen molar-refractivity contribution in [2.24, 2.45) is 5.73 Å². The van der Waals surface area contributed by atoms with Gasteiger partial charge >= 0.3 is 6.03 Å². The van der Waals surface area contributed by atoms with Gasteiger partial charge in [0.25, 0.3) is 0 Å². The fraction of sp³-hybridized carbons (Fsp3) is 0.778. The topological polar surface area (TPSA) is 84.2 Å². The van der Waals surface area contributed by atoms with Crippen LogP contribution in [0, 0.1) is 0 Å². The number of nitrogens with one attached hydrogen (secondary N) is 2. The molecule has 1 unspecified atom stereocenters. The molecule has 86 valence electrons. The zero-order chi connectivity index (χ0) is 11.3. The molecule has 1 rings (SSSR count). The summed E-state index contributed by atoms with van der Waals surface area (Å²) in [6, 6.07) is -0.827. The van der Waals surface area contributed by atoms with Gasteiger partial charge in [0, 0.05) is 6.04 Å². The van der Waals surface area contributed by atoms with Crippen molar-refractivity contribution in [1.82, 2.24) is 10.6 Å². The van der Waals surface area contributed by atoms with Crippen molar-refractivity contribution in [3.05, 3.63) is 0 Å². The van der Waals surface area contributed by atoms with Crippen LogP contribution in [0.5, 0.6) is 0 Å². The van der Waals surface area contributed by atoms with Gasteiger partial charge < -0.3 is 16.4 Å². The molecule has 0 aromatic heterocycles. The van der Waals surface area contributed by atoms with Crippen LogP contribution in [0.4, 0.5) is 4.79 Å². The van der Waals surface area contributed by atoms with Crippen LogP contribution in [0.15, 0.2) is 0 Å². The molecule has 0 aromatic rings. The number of nitrogens with two attached hydrogens (primary N) is 1. The Morgan fingerprint density at radius 1 is 1.53 bits per heavy atom. The zero-order valence-corrected chi connectivity index (χ0v) is 9.60. The lowest BCUT2D eigenvalue weighted by Crippen LogP contribution is -2.49. The quantitative estimate of drug-likeness (QED) is 0.604. The molecule has 0 bridgehead atoms. The van der Waals surface area contributed by atoms with Gasteiger partial charge in [0.2, 0.25) is 5.91 Å². The Bertz CT molecular complexity index is 244. The number of hydrogen-bond acceptors (Lipinski definition) is 3. The number of carbonyl (C=O) groups is 2. The van der Waals surface area contributed by atoms with E-state index in [2.05, 4.69) is 10.6 Å². The largest absolute Gasteiger partial charge is 0.352 e. The van der Waals surface area contributed by atoms with Gasteiger partial charge in [-0.1, -0.05) is 0 Å². The first-order valence-electron chi connectivity index (χ1n) is 4.98. The third-order valence-corrected chi connectivity index (χ3v) is 2.81. The van der Waals surface area contributed by atoms with Gasteiger partial charge in [-0.15, -0.1) is 0 Å². The molecular formula is C9H17N3O2S. The van der Waals surface area contributed by atoms with Crippen LogP contribution in [0.2, 0.25) is 0 Å². The van der Waals surface area contributed by atoms with E-state index in [0.717, 1.165) is 18.6 Å². The van der Waals surface area contributed by atoms with Crippen molar-refractivity contribution in [2.75, 3.05) is 12.0 Å². The van der Waals surface area contributed by atoms with E-state index in [1.54, 1.807) is 11.8 Å². The van der Waals surface area contributed by atoms with Crippen molar-refractivity contribution in [3.8, 4) is 0 Å². The standard InChI is InChI=1S/C9H17N3O2S/c1-15-5-4-7(12-9(10)14)8(13)11-6-2-3-6/h6-7H,2-5H2,1H3,(H,11,13)(H3,10,12,14). The first kappa shape index (κ1) is 12.2. The second-order valence-electron chi connectivity index (χ2n) is 3.63. The van der Waals surface area contributed by atoms with Gasteiger partial charge in [-0.05, 0) is 31.3 Å². The number of thioether (sulfide) groups is 1. The minimum atomic E-state index is -0.646. The van der Waals surface area contributed by atoms with E-state index in [9.17, 15) is 9.59 Å². The lowest BCUT2D eigenvalue weighted by atomic mass is 10.2. The molecule has 1 atom stereocenters. The van der Waals surface area contributed by atoms with E-state index in [0.29, 0.717) is 12.5 Å². The molecule has 1 fully saturated rings. The van der Waals surface area contributed by atoms with Gasteiger partial charge in [0.05, 0.1) is 0 Å². The van der Waals surface area contributed by atoms with E-state index >= 15 is 0 Å². The lowest BCUT2D eigenvalue weighted by molar-refractivity contribution is -0.123. The second-order valence-corrected chi connectivity index (χ2v) is 4.61. The molecule has 0 aliphatic heterocycles. The van der Waals surface area contributed by atoms with Crippen molar-refractivity contribution in [3.63, 3.8) is 0 Å². The summed E-state index contributed by atoms with van der Waals surface area (Å²) >= 11 is 1.64. The highest BCUT2D eigenvalue weighted by molar-refractivity contribution is 7.98. The highest BCUT2D eigenvalue weighted by Crippen LogP contribution is 2.18. The van der Waals surface area contributed by atoms with Crippen molar-refractivity contribution in [2.45, 2.75) is 31.3 Å². The maximum atomic E-state index is 11.6. The Labute approximate surface area is 93.5 Å². The van der Waals surface area contributed by atoms with Crippen molar-refractivity contribution >= 4 is 23.7 Å². The minimum Gasteiger partial charge on any atom is -0.352 e. The van der Waals surface area contributed by atoms with Gasteiger partial charge in [0.1, 0.15) is 6.04 Å². The SMILES string of the molecule is CSCCC(NC(N)=O)C(=O)NC1CC1. The highest BCUT2D eigenvalue weighted by atomic mass is 32.2. The molecule has 5 nitrogen and oxygen atoms in total. The summed E-state index contributed by atoms with van der Waals surface area (Å²) in [5, 5.41) is 5.31. The van der Waals surface area contributed by atoms with Crippen LogP contribution in [0.25, 0.3) is 0 Å². The number of carbonyl (C=O) groups excluding carboxylic acids is 2. The average Bonchev–Trinajstić information content (AvgIpc) is 2.95. The van der Waals surface area contributed by atoms with E-state index in [1.807, 2.05) is 6.26 Å². The number of rotatable bonds is 6. The Balaban J connectivity index is 2.37. The average molecular weight is 231 g/mol. The zero-order valence-electron chi connectivity index (χ0n) is 8.79. The molecule has 0 saturated heterocycles. The third kappa shape index (κ3) is 4.92. The molecule has 0 aromatic carbocycles. The Kier molecular flexibility index (Phi) is 4.74. The molecular weight excluding hydrogens is 214 g/mol. The van der Waals surface area contributed by atoms with E-state index in [4.69, 9.17) is 5.73 Å². The van der Waals surface area contributed by atoms with Crippen LogP contribution in [0.1, 0.15) is 19.3 Å². The van der Waals surface area contributed by atoms with E-state index < -0.39 is 12.1 Å². The Morgan fingerprint density at radius 2 is 2.20 bits per heavy atom. The summed E-state index contributed by atoms with van der Waals surface area (Å²) in [5.74, 6) is 0.702. The summed E-state index contributed by atoms with van der Waals surface area (Å²) in [7, 11) is 0. The number of hydrogen-bond donors (Lipinski definition) is 3. The second kappa shape index (κ2) is 5.85. The smallest absolute Gasteiger partial charge is 0.312 e. The fourth-order valence-electron chi connectivity index (χ4n) is 1.21. The van der Waals surface area contributed by atoms with E-state index in [-0.39, 0.29) is 5.91 Å². The predicted molar refractivity (Wildman–Crippen MR) is 60.7 cm³/mol. The highest BCUT2D eigenvalue weighted by Gasteiger charge is 2.27. The predicted octanol–water partition coefficient (Wildman–Crippen LogP) is 0.0550. The molecule has 0 radical (unpaired) electrons. The van der Waals surface area contributed by atoms with Crippen molar-refractivity contribution in [1.29, 1.82) is 0 Å². The molecule has 0 heterocycles. The minimum absolute atomic E-state index is 0.120. The summed E-state index contributed by atoms with van der Waals surface area (Å²) in [6.45, 7) is 0. The maximum Gasteiger partial charge on any atom is 0.312 e. The summed E-state index contributed by atoms with van der Waals surface area (Å²) in [5.41, 5.74) is 5.01. The molecule has 15 heavy (non-hydrogen) atoms. The molecule has 3 amide bonds. The van der Waals surface area contributed by atoms with Crippen LogP contribution < -0.4 is 16.4 Å². The molecule has 1 aliphatic rings. The van der Waals surface area contributed by atoms with Gasteiger partial charge in [0.15, 0.2) is 0 Å². The van der Waals surface area contributed by atoms with Crippen LogP contribution in [-0.4, -0.2) is 36.0 Å². The van der Waals surface area contributed by atoms with Gasteiger partial charge in [-0.25, -0.2) is 4.79 Å². The van der Waals surface area contributed by atoms with Crippen molar-refractivity contribution < 1.29 is 9.59 Å². The molecule has 6 heteroatoms. The first-order valence-corrected chi connectivity index (χ1v) is 6.38. The fourth-order valence-corrected chi connectivity index (χ4v) is 1.68. The first-order chi connectivity index (χ1) is 7.13. The number of amides is 3. The molecule has 1 aliphatic carbocycles. The Morgan fingerprint density at radius 3 is 2.67 bits per heavy atom.